The Kier molecular flexibility index (Phi) is 8.50. The Morgan fingerprint density at radius 2 is 1.78 bits per heavy atom. The second-order valence-electron chi connectivity index (χ2n) is 8.78. The van der Waals surface area contributed by atoms with Gasteiger partial charge < -0.3 is 29.7 Å². The summed E-state index contributed by atoms with van der Waals surface area (Å²) in [6.07, 6.45) is 0.837. The van der Waals surface area contributed by atoms with Gasteiger partial charge in [-0.3, -0.25) is 14.4 Å². The van der Waals surface area contributed by atoms with Crippen LogP contribution in [0.25, 0.3) is 0 Å². The van der Waals surface area contributed by atoms with Gasteiger partial charge in [-0.05, 0) is 48.4 Å². The van der Waals surface area contributed by atoms with Gasteiger partial charge in [-0.15, -0.1) is 0 Å². The summed E-state index contributed by atoms with van der Waals surface area (Å²) in [6, 6.07) is 11.8. The summed E-state index contributed by atoms with van der Waals surface area (Å²) in [6.45, 7) is 1.19. The molecule has 0 bridgehead atoms. The maximum atomic E-state index is 13.2. The van der Waals surface area contributed by atoms with E-state index in [9.17, 15) is 18.8 Å². The molecule has 9 nitrogen and oxygen atoms in total. The third-order valence-corrected chi connectivity index (χ3v) is 6.23. The van der Waals surface area contributed by atoms with Crippen molar-refractivity contribution in [2.75, 3.05) is 46.6 Å². The van der Waals surface area contributed by atoms with Gasteiger partial charge in [0.2, 0.25) is 11.8 Å². The number of benzene rings is 2. The van der Waals surface area contributed by atoms with Gasteiger partial charge >= 0.3 is 0 Å². The molecule has 36 heavy (non-hydrogen) atoms. The van der Waals surface area contributed by atoms with E-state index in [1.807, 2.05) is 24.3 Å². The van der Waals surface area contributed by atoms with Crippen LogP contribution in [0.4, 0.5) is 4.39 Å². The van der Waals surface area contributed by atoms with Gasteiger partial charge in [0, 0.05) is 30.6 Å². The molecule has 0 radical (unpaired) electrons. The molecule has 0 aromatic heterocycles. The predicted molar refractivity (Wildman–Crippen MR) is 128 cm³/mol. The van der Waals surface area contributed by atoms with Crippen LogP contribution in [0.5, 0.6) is 5.75 Å². The first kappa shape index (κ1) is 25.6. The van der Waals surface area contributed by atoms with Crippen LogP contribution in [0.15, 0.2) is 48.5 Å². The Balaban J connectivity index is 1.28. The van der Waals surface area contributed by atoms with E-state index in [4.69, 9.17) is 14.2 Å². The molecule has 1 heterocycles. The smallest absolute Gasteiger partial charge is 0.251 e. The Labute approximate surface area is 208 Å². The minimum absolute atomic E-state index is 0.0263. The van der Waals surface area contributed by atoms with E-state index in [0.717, 1.165) is 17.7 Å². The summed E-state index contributed by atoms with van der Waals surface area (Å²) in [5.41, 5.74) is 1.34. The molecule has 0 unspecified atom stereocenters. The molecule has 4 rings (SSSR count). The lowest BCUT2D eigenvalue weighted by Crippen LogP contribution is -2.53. The summed E-state index contributed by atoms with van der Waals surface area (Å²) in [5, 5.41) is 5.59. The topological polar surface area (TPSA) is 106 Å². The average Bonchev–Trinajstić information content (AvgIpc) is 3.67. The maximum Gasteiger partial charge on any atom is 0.251 e. The highest BCUT2D eigenvalue weighted by atomic mass is 19.1. The quantitative estimate of drug-likeness (QED) is 0.513. The first-order chi connectivity index (χ1) is 17.4. The lowest BCUT2D eigenvalue weighted by Gasteiger charge is -2.30. The van der Waals surface area contributed by atoms with E-state index < -0.39 is 17.8 Å². The molecule has 0 spiro atoms. The van der Waals surface area contributed by atoms with Crippen LogP contribution in [-0.2, 0) is 19.1 Å². The van der Waals surface area contributed by atoms with Crippen LogP contribution in [-0.4, -0.2) is 81.3 Å². The average molecular weight is 500 g/mol. The molecule has 1 saturated heterocycles. The summed E-state index contributed by atoms with van der Waals surface area (Å²) >= 11 is 0. The summed E-state index contributed by atoms with van der Waals surface area (Å²) in [7, 11) is 1.61. The van der Waals surface area contributed by atoms with Crippen molar-refractivity contribution in [3.8, 4) is 5.75 Å². The molecule has 3 atom stereocenters. The van der Waals surface area contributed by atoms with Crippen LogP contribution in [0.1, 0.15) is 28.3 Å². The summed E-state index contributed by atoms with van der Waals surface area (Å²) < 4.78 is 29.2. The van der Waals surface area contributed by atoms with E-state index in [1.54, 1.807) is 12.0 Å². The molecular weight excluding hydrogens is 469 g/mol. The minimum Gasteiger partial charge on any atom is -0.497 e. The van der Waals surface area contributed by atoms with Crippen molar-refractivity contribution in [1.82, 2.24) is 15.5 Å². The van der Waals surface area contributed by atoms with Crippen molar-refractivity contribution in [2.24, 2.45) is 0 Å². The number of hydrogen-bond donors (Lipinski definition) is 2. The van der Waals surface area contributed by atoms with E-state index in [-0.39, 0.29) is 42.6 Å². The number of carbonyl (C=O) groups excluding carboxylic acids is 3. The largest absolute Gasteiger partial charge is 0.497 e. The molecule has 10 heteroatoms. The summed E-state index contributed by atoms with van der Waals surface area (Å²) in [5.74, 6) is -0.595. The highest BCUT2D eigenvalue weighted by Gasteiger charge is 2.39. The Morgan fingerprint density at radius 1 is 1.08 bits per heavy atom. The van der Waals surface area contributed by atoms with Gasteiger partial charge in [0.1, 0.15) is 24.2 Å². The number of nitrogens with one attached hydrogen (secondary N) is 2. The number of hydrogen-bond acceptors (Lipinski definition) is 6. The van der Waals surface area contributed by atoms with Gasteiger partial charge in [0.05, 0.1) is 26.9 Å². The predicted octanol–water partition coefficient (Wildman–Crippen LogP) is 1.48. The number of rotatable bonds is 10. The zero-order valence-electron chi connectivity index (χ0n) is 20.1. The zero-order valence-corrected chi connectivity index (χ0v) is 20.1. The third kappa shape index (κ3) is 6.79. The van der Waals surface area contributed by atoms with Crippen molar-refractivity contribution in [3.63, 3.8) is 0 Å². The van der Waals surface area contributed by atoms with Crippen LogP contribution < -0.4 is 15.4 Å². The number of ether oxygens (including phenoxy) is 3. The van der Waals surface area contributed by atoms with Gasteiger partial charge in [-0.2, -0.15) is 0 Å². The van der Waals surface area contributed by atoms with E-state index in [1.165, 1.54) is 24.3 Å². The lowest BCUT2D eigenvalue weighted by molar-refractivity contribution is -0.140. The van der Waals surface area contributed by atoms with Crippen molar-refractivity contribution in [1.29, 1.82) is 0 Å². The van der Waals surface area contributed by atoms with Crippen LogP contribution in [0.2, 0.25) is 0 Å². The first-order valence-electron chi connectivity index (χ1n) is 11.9. The summed E-state index contributed by atoms with van der Waals surface area (Å²) in [4.78, 5) is 39.7. The number of carbonyl (C=O) groups is 3. The van der Waals surface area contributed by atoms with E-state index >= 15 is 0 Å². The number of halogens is 1. The molecule has 192 valence electrons. The standard InChI is InChI=1S/C26H30FN3O6/c1-34-20-8-4-17(5-9-20)21-14-22(21)28-24(31)16-36-15-23(26(33)30-10-12-35-13-11-30)29-25(32)18-2-6-19(27)7-3-18/h2-9,21-23H,10-16H2,1H3,(H,28,31)(H,29,32)/t21-,22+,23-/m0/s1. The molecule has 2 aromatic rings. The molecule has 2 aromatic carbocycles. The Hall–Kier alpha value is -3.50. The molecule has 1 aliphatic carbocycles. The second kappa shape index (κ2) is 12.0. The Bertz CT molecular complexity index is 1060. The van der Waals surface area contributed by atoms with Gasteiger partial charge in [0.15, 0.2) is 0 Å². The third-order valence-electron chi connectivity index (χ3n) is 6.23. The zero-order chi connectivity index (χ0) is 25.5. The number of methoxy groups -OCH3 is 1. The molecule has 1 aliphatic heterocycles. The molecule has 2 fully saturated rings. The molecule has 1 saturated carbocycles. The van der Waals surface area contributed by atoms with Crippen LogP contribution >= 0.6 is 0 Å². The van der Waals surface area contributed by atoms with Gasteiger partial charge in [-0.1, -0.05) is 12.1 Å². The van der Waals surface area contributed by atoms with Crippen molar-refractivity contribution >= 4 is 17.7 Å². The van der Waals surface area contributed by atoms with Crippen LogP contribution in [0.3, 0.4) is 0 Å². The van der Waals surface area contributed by atoms with E-state index in [2.05, 4.69) is 10.6 Å². The molecule has 3 amide bonds. The fraction of sp³-hybridized carbons (Fsp3) is 0.423. The first-order valence-corrected chi connectivity index (χ1v) is 11.9. The van der Waals surface area contributed by atoms with Crippen LogP contribution in [0, 0.1) is 5.82 Å². The Morgan fingerprint density at radius 3 is 2.44 bits per heavy atom. The number of morpholine rings is 1. The fourth-order valence-corrected chi connectivity index (χ4v) is 4.11. The normalized spacial score (nSPS) is 19.8. The van der Waals surface area contributed by atoms with Crippen molar-refractivity contribution in [2.45, 2.75) is 24.4 Å². The highest BCUT2D eigenvalue weighted by molar-refractivity contribution is 5.97. The van der Waals surface area contributed by atoms with Gasteiger partial charge in [-0.25, -0.2) is 4.39 Å². The van der Waals surface area contributed by atoms with Crippen molar-refractivity contribution in [3.05, 3.63) is 65.5 Å². The monoisotopic (exact) mass is 499 g/mol. The molecule has 2 N–H and O–H groups in total. The second-order valence-corrected chi connectivity index (χ2v) is 8.78. The highest BCUT2D eigenvalue weighted by Crippen LogP contribution is 2.41. The lowest BCUT2D eigenvalue weighted by atomic mass is 10.1. The minimum atomic E-state index is -0.999. The van der Waals surface area contributed by atoms with E-state index in [0.29, 0.717) is 26.3 Å². The number of amides is 3. The maximum absolute atomic E-state index is 13.2. The SMILES string of the molecule is COc1ccc([C@@H]2C[C@H]2NC(=O)COC[C@H](NC(=O)c2ccc(F)cc2)C(=O)N2CCOCC2)cc1. The van der Waals surface area contributed by atoms with Crippen molar-refractivity contribution < 1.29 is 33.0 Å². The fourth-order valence-electron chi connectivity index (χ4n) is 4.11. The number of nitrogens with zero attached hydrogens (tertiary/aromatic N) is 1. The molecule has 2 aliphatic rings. The molecular formula is C26H30FN3O6. The van der Waals surface area contributed by atoms with Gasteiger partial charge in [0.25, 0.3) is 5.91 Å².